The molecule has 1 amide bonds. The molecule has 3 rings (SSSR count). The van der Waals surface area contributed by atoms with Crippen molar-refractivity contribution in [3.8, 4) is 17.6 Å². The molecule has 0 unspecified atom stereocenters. The lowest BCUT2D eigenvalue weighted by Crippen LogP contribution is -2.23. The van der Waals surface area contributed by atoms with Crippen LogP contribution in [-0.2, 0) is 17.9 Å². The lowest BCUT2D eigenvalue weighted by atomic mass is 10.1. The van der Waals surface area contributed by atoms with Gasteiger partial charge in [0.05, 0.1) is 13.7 Å². The largest absolute Gasteiger partial charge is 0.493 e. The van der Waals surface area contributed by atoms with Crippen molar-refractivity contribution in [2.75, 3.05) is 7.11 Å². The number of rotatable bonds is 8. The van der Waals surface area contributed by atoms with Gasteiger partial charge in [-0.05, 0) is 41.3 Å². The first-order valence-electron chi connectivity index (χ1n) is 9.07. The number of thiophene rings is 1. The van der Waals surface area contributed by atoms with Crippen LogP contribution in [0.4, 0.5) is 4.39 Å². The second-order valence-corrected chi connectivity index (χ2v) is 7.25. The molecule has 0 spiro atoms. The Morgan fingerprint density at radius 2 is 2.03 bits per heavy atom. The van der Waals surface area contributed by atoms with E-state index in [4.69, 9.17) is 9.47 Å². The average molecular weight is 422 g/mol. The van der Waals surface area contributed by atoms with Crippen LogP contribution in [0.15, 0.2) is 65.6 Å². The summed E-state index contributed by atoms with van der Waals surface area (Å²) >= 11 is 1.53. The Morgan fingerprint density at radius 1 is 1.20 bits per heavy atom. The van der Waals surface area contributed by atoms with E-state index < -0.39 is 5.91 Å². The molecule has 0 saturated carbocycles. The van der Waals surface area contributed by atoms with Crippen LogP contribution in [0, 0.1) is 17.1 Å². The predicted octanol–water partition coefficient (Wildman–Crippen LogP) is 4.70. The van der Waals surface area contributed by atoms with Crippen molar-refractivity contribution in [1.29, 1.82) is 5.26 Å². The molecule has 0 saturated heterocycles. The molecule has 3 aromatic rings. The molecule has 1 heterocycles. The maximum absolute atomic E-state index is 13.8. The third kappa shape index (κ3) is 5.46. The number of ether oxygens (including phenoxy) is 2. The zero-order valence-electron chi connectivity index (χ0n) is 16.2. The van der Waals surface area contributed by atoms with Gasteiger partial charge in [-0.1, -0.05) is 30.3 Å². The first-order valence-corrected chi connectivity index (χ1v) is 9.95. The molecule has 0 aliphatic rings. The van der Waals surface area contributed by atoms with Crippen molar-refractivity contribution < 1.29 is 18.7 Å². The highest BCUT2D eigenvalue weighted by atomic mass is 32.1. The molecule has 0 radical (unpaired) electrons. The van der Waals surface area contributed by atoms with Gasteiger partial charge in [0.25, 0.3) is 5.91 Å². The van der Waals surface area contributed by atoms with Crippen molar-refractivity contribution >= 4 is 23.3 Å². The van der Waals surface area contributed by atoms with Crippen molar-refractivity contribution in [3.63, 3.8) is 0 Å². The number of carbonyl (C=O) groups is 1. The van der Waals surface area contributed by atoms with E-state index in [-0.39, 0.29) is 18.0 Å². The van der Waals surface area contributed by atoms with Gasteiger partial charge in [-0.3, -0.25) is 4.79 Å². The molecule has 0 aliphatic carbocycles. The topological polar surface area (TPSA) is 71.3 Å². The Morgan fingerprint density at radius 3 is 2.73 bits per heavy atom. The van der Waals surface area contributed by atoms with Crippen molar-refractivity contribution in [3.05, 3.63) is 87.4 Å². The van der Waals surface area contributed by atoms with Crippen molar-refractivity contribution in [1.82, 2.24) is 5.32 Å². The minimum absolute atomic E-state index is 0.0198. The standard InChI is InChI=1S/C23H19FN2O3S/c1-28-22-12-16(8-9-21(22)29-15-17-5-2-3-7-20(17)24)11-18(13-25)23(27)26-14-19-6-4-10-30-19/h2-12H,14-15H2,1H3,(H,26,27)/b18-11+. The summed E-state index contributed by atoms with van der Waals surface area (Å²) in [7, 11) is 1.48. The monoisotopic (exact) mass is 422 g/mol. The Balaban J connectivity index is 1.71. The van der Waals surface area contributed by atoms with Gasteiger partial charge in [0.15, 0.2) is 11.5 Å². The molecular formula is C23H19FN2O3S. The van der Waals surface area contributed by atoms with E-state index in [0.717, 1.165) is 4.88 Å². The lowest BCUT2D eigenvalue weighted by molar-refractivity contribution is -0.117. The van der Waals surface area contributed by atoms with Gasteiger partial charge in [0.2, 0.25) is 0 Å². The van der Waals surface area contributed by atoms with Crippen molar-refractivity contribution in [2.24, 2.45) is 0 Å². The maximum Gasteiger partial charge on any atom is 0.262 e. The third-order valence-corrected chi connectivity index (χ3v) is 5.08. The van der Waals surface area contributed by atoms with Crippen molar-refractivity contribution in [2.45, 2.75) is 13.2 Å². The van der Waals surface area contributed by atoms with Gasteiger partial charge < -0.3 is 14.8 Å². The summed E-state index contributed by atoms with van der Waals surface area (Å²) in [6.45, 7) is 0.411. The van der Waals surface area contributed by atoms with Crippen LogP contribution in [0.25, 0.3) is 6.08 Å². The fourth-order valence-corrected chi connectivity index (χ4v) is 3.30. The molecular weight excluding hydrogens is 403 g/mol. The summed E-state index contributed by atoms with van der Waals surface area (Å²) in [5.41, 5.74) is 1.01. The molecule has 152 valence electrons. The third-order valence-electron chi connectivity index (χ3n) is 4.21. The minimum atomic E-state index is -0.454. The Bertz CT molecular complexity index is 1090. The molecule has 30 heavy (non-hydrogen) atoms. The quantitative estimate of drug-likeness (QED) is 0.422. The van der Waals surface area contributed by atoms with Gasteiger partial charge in [-0.15, -0.1) is 11.3 Å². The number of carbonyl (C=O) groups excluding carboxylic acids is 1. The van der Waals surface area contributed by atoms with E-state index in [0.29, 0.717) is 29.2 Å². The van der Waals surface area contributed by atoms with Crippen LogP contribution in [0.5, 0.6) is 11.5 Å². The van der Waals surface area contributed by atoms with E-state index >= 15 is 0 Å². The molecule has 1 aromatic heterocycles. The fourth-order valence-electron chi connectivity index (χ4n) is 2.66. The number of benzene rings is 2. The van der Waals surface area contributed by atoms with Gasteiger partial charge in [-0.25, -0.2) is 4.39 Å². The Labute approximate surface area is 178 Å². The van der Waals surface area contributed by atoms with Gasteiger partial charge in [0, 0.05) is 10.4 Å². The molecule has 0 bridgehead atoms. The Kier molecular flexibility index (Phi) is 7.19. The second kappa shape index (κ2) is 10.2. The molecule has 0 fully saturated rings. The average Bonchev–Trinajstić information content (AvgIpc) is 3.29. The number of nitrogens with one attached hydrogen (secondary N) is 1. The van der Waals surface area contributed by atoms with Gasteiger partial charge in [-0.2, -0.15) is 5.26 Å². The molecule has 1 N–H and O–H groups in total. The van der Waals surface area contributed by atoms with E-state index in [1.807, 2.05) is 23.6 Å². The molecule has 0 atom stereocenters. The molecule has 7 heteroatoms. The second-order valence-electron chi connectivity index (χ2n) is 6.22. The maximum atomic E-state index is 13.8. The number of hydrogen-bond donors (Lipinski definition) is 1. The van der Waals surface area contributed by atoms with Crippen LogP contribution in [0.2, 0.25) is 0 Å². The smallest absolute Gasteiger partial charge is 0.262 e. The first-order chi connectivity index (χ1) is 14.6. The minimum Gasteiger partial charge on any atom is -0.493 e. The van der Waals surface area contributed by atoms with Crippen LogP contribution in [0.1, 0.15) is 16.0 Å². The summed E-state index contributed by atoms with van der Waals surface area (Å²) < 4.78 is 24.8. The summed E-state index contributed by atoms with van der Waals surface area (Å²) in [4.78, 5) is 13.3. The zero-order valence-corrected chi connectivity index (χ0v) is 17.0. The predicted molar refractivity (Wildman–Crippen MR) is 113 cm³/mol. The highest BCUT2D eigenvalue weighted by Gasteiger charge is 2.11. The normalized spacial score (nSPS) is 10.9. The highest BCUT2D eigenvalue weighted by molar-refractivity contribution is 7.09. The number of halogens is 1. The fraction of sp³-hybridized carbons (Fsp3) is 0.130. The highest BCUT2D eigenvalue weighted by Crippen LogP contribution is 2.30. The molecule has 0 aliphatic heterocycles. The van der Waals surface area contributed by atoms with E-state index in [9.17, 15) is 14.4 Å². The molecule has 5 nitrogen and oxygen atoms in total. The summed E-state index contributed by atoms with van der Waals surface area (Å²) in [6, 6.07) is 17.1. The number of hydrogen-bond acceptors (Lipinski definition) is 5. The van der Waals surface area contributed by atoms with Crippen LogP contribution < -0.4 is 14.8 Å². The van der Waals surface area contributed by atoms with E-state index in [1.165, 1.54) is 30.6 Å². The number of methoxy groups -OCH3 is 1. The SMILES string of the molecule is COc1cc(/C=C(\C#N)C(=O)NCc2cccs2)ccc1OCc1ccccc1F. The summed E-state index contributed by atoms with van der Waals surface area (Å²) in [6.07, 6.45) is 1.48. The number of amides is 1. The van der Waals surface area contributed by atoms with Gasteiger partial charge in [0.1, 0.15) is 24.1 Å². The summed E-state index contributed by atoms with van der Waals surface area (Å²) in [5, 5.41) is 14.0. The number of nitrogens with zero attached hydrogens (tertiary/aromatic N) is 1. The zero-order chi connectivity index (χ0) is 21.3. The summed E-state index contributed by atoms with van der Waals surface area (Å²) in [5.74, 6) is 0.0444. The lowest BCUT2D eigenvalue weighted by Gasteiger charge is -2.12. The van der Waals surface area contributed by atoms with Crippen LogP contribution in [0.3, 0.4) is 0 Å². The number of nitriles is 1. The first kappa shape index (κ1) is 21.1. The van der Waals surface area contributed by atoms with Gasteiger partial charge >= 0.3 is 0 Å². The molecule has 2 aromatic carbocycles. The van der Waals surface area contributed by atoms with E-state index in [1.54, 1.807) is 36.4 Å². The van der Waals surface area contributed by atoms with Crippen LogP contribution >= 0.6 is 11.3 Å². The van der Waals surface area contributed by atoms with E-state index in [2.05, 4.69) is 5.32 Å². The Hall–Kier alpha value is -3.63. The van der Waals surface area contributed by atoms with Crippen LogP contribution in [-0.4, -0.2) is 13.0 Å².